The van der Waals surface area contributed by atoms with Gasteiger partial charge in [-0.1, -0.05) is 0 Å². The van der Waals surface area contributed by atoms with Gasteiger partial charge in [0.25, 0.3) is 0 Å². The molecule has 1 saturated heterocycles. The molecule has 2 aromatic rings. The van der Waals surface area contributed by atoms with Crippen molar-refractivity contribution in [2.75, 3.05) is 11.9 Å². The van der Waals surface area contributed by atoms with Gasteiger partial charge in [0.1, 0.15) is 12.0 Å². The van der Waals surface area contributed by atoms with Gasteiger partial charge in [-0.2, -0.15) is 5.10 Å². The van der Waals surface area contributed by atoms with E-state index in [0.717, 1.165) is 25.9 Å². The first-order valence-electron chi connectivity index (χ1n) is 7.04. The van der Waals surface area contributed by atoms with E-state index in [1.807, 2.05) is 0 Å². The highest BCUT2D eigenvalue weighted by molar-refractivity contribution is 5.92. The van der Waals surface area contributed by atoms with Crippen molar-refractivity contribution in [3.05, 3.63) is 31.0 Å². The number of amides is 1. The molecule has 21 heavy (non-hydrogen) atoms. The van der Waals surface area contributed by atoms with Crippen LogP contribution in [0.25, 0.3) is 5.82 Å². The van der Waals surface area contributed by atoms with Gasteiger partial charge in [-0.15, -0.1) is 0 Å². The first-order valence-corrected chi connectivity index (χ1v) is 7.04. The fourth-order valence-corrected chi connectivity index (χ4v) is 2.36. The van der Waals surface area contributed by atoms with Crippen LogP contribution in [0.15, 0.2) is 31.0 Å². The second-order valence-electron chi connectivity index (χ2n) is 4.95. The number of aromatic nitrogens is 4. The number of ether oxygens (including phenoxy) is 1. The van der Waals surface area contributed by atoms with Gasteiger partial charge in [0.2, 0.25) is 5.91 Å². The minimum Gasteiger partial charge on any atom is -0.378 e. The Morgan fingerprint density at radius 1 is 1.48 bits per heavy atom. The van der Waals surface area contributed by atoms with E-state index in [0.29, 0.717) is 17.9 Å². The number of carbonyl (C=O) groups is 1. The SMILES string of the molecule is O=C(C[C@H]1CCCCO1)Nc1cncnc1-n1cccn1. The molecule has 7 heteroatoms. The number of nitrogens with zero attached hydrogens (tertiary/aromatic N) is 4. The molecule has 1 aliphatic rings. The summed E-state index contributed by atoms with van der Waals surface area (Å²) in [5.74, 6) is 0.456. The highest BCUT2D eigenvalue weighted by Crippen LogP contribution is 2.18. The highest BCUT2D eigenvalue weighted by Gasteiger charge is 2.18. The van der Waals surface area contributed by atoms with E-state index < -0.39 is 0 Å². The second-order valence-corrected chi connectivity index (χ2v) is 4.95. The average Bonchev–Trinajstić information content (AvgIpc) is 3.03. The van der Waals surface area contributed by atoms with Crippen LogP contribution in [0.1, 0.15) is 25.7 Å². The fraction of sp³-hybridized carbons (Fsp3) is 0.429. The summed E-state index contributed by atoms with van der Waals surface area (Å²) in [7, 11) is 0. The number of anilines is 1. The lowest BCUT2D eigenvalue weighted by molar-refractivity contribution is -0.119. The van der Waals surface area contributed by atoms with E-state index in [-0.39, 0.29) is 12.0 Å². The Morgan fingerprint density at radius 2 is 2.43 bits per heavy atom. The molecular formula is C14H17N5O2. The summed E-state index contributed by atoms with van der Waals surface area (Å²) in [5.41, 5.74) is 0.544. The molecule has 110 valence electrons. The first-order chi connectivity index (χ1) is 10.3. The third-order valence-electron chi connectivity index (χ3n) is 3.37. The molecule has 1 fully saturated rings. The zero-order chi connectivity index (χ0) is 14.5. The Hall–Kier alpha value is -2.28. The van der Waals surface area contributed by atoms with Crippen molar-refractivity contribution in [1.29, 1.82) is 0 Å². The summed E-state index contributed by atoms with van der Waals surface area (Å²) < 4.78 is 7.17. The van der Waals surface area contributed by atoms with Crippen LogP contribution in [0.5, 0.6) is 0 Å². The van der Waals surface area contributed by atoms with Gasteiger partial charge in [0, 0.05) is 19.0 Å². The predicted octanol–water partition coefficient (Wildman–Crippen LogP) is 1.56. The average molecular weight is 287 g/mol. The minimum atomic E-state index is -0.0925. The molecule has 3 rings (SSSR count). The number of hydrogen-bond donors (Lipinski definition) is 1. The van der Waals surface area contributed by atoms with Gasteiger partial charge in [0.05, 0.1) is 18.7 Å². The highest BCUT2D eigenvalue weighted by atomic mass is 16.5. The molecule has 0 bridgehead atoms. The first kappa shape index (κ1) is 13.7. The van der Waals surface area contributed by atoms with Crippen molar-refractivity contribution < 1.29 is 9.53 Å². The van der Waals surface area contributed by atoms with Gasteiger partial charge in [0.15, 0.2) is 5.82 Å². The molecule has 1 aliphatic heterocycles. The summed E-state index contributed by atoms with van der Waals surface area (Å²) >= 11 is 0. The number of hydrogen-bond acceptors (Lipinski definition) is 5. The molecule has 1 atom stereocenters. The van der Waals surface area contributed by atoms with Crippen LogP contribution in [0.3, 0.4) is 0 Å². The quantitative estimate of drug-likeness (QED) is 0.922. The van der Waals surface area contributed by atoms with Gasteiger partial charge >= 0.3 is 0 Å². The third kappa shape index (κ3) is 3.43. The van der Waals surface area contributed by atoms with Crippen molar-refractivity contribution >= 4 is 11.6 Å². The van der Waals surface area contributed by atoms with Crippen molar-refractivity contribution in [2.45, 2.75) is 31.8 Å². The van der Waals surface area contributed by atoms with Crippen molar-refractivity contribution in [3.63, 3.8) is 0 Å². The summed E-state index contributed by atoms with van der Waals surface area (Å²) in [5, 5.41) is 6.96. The van der Waals surface area contributed by atoms with E-state index in [1.165, 1.54) is 6.33 Å². The van der Waals surface area contributed by atoms with Crippen molar-refractivity contribution in [2.24, 2.45) is 0 Å². The van der Waals surface area contributed by atoms with Crippen LogP contribution in [0, 0.1) is 0 Å². The van der Waals surface area contributed by atoms with Gasteiger partial charge in [-0.3, -0.25) is 4.79 Å². The Morgan fingerprint density at radius 3 is 3.19 bits per heavy atom. The summed E-state index contributed by atoms with van der Waals surface area (Å²) in [6.45, 7) is 0.741. The monoisotopic (exact) mass is 287 g/mol. The normalized spacial score (nSPS) is 18.4. The van der Waals surface area contributed by atoms with Crippen LogP contribution in [0.4, 0.5) is 5.69 Å². The molecular weight excluding hydrogens is 270 g/mol. The number of rotatable bonds is 4. The smallest absolute Gasteiger partial charge is 0.227 e. The van der Waals surface area contributed by atoms with Crippen LogP contribution < -0.4 is 5.32 Å². The minimum absolute atomic E-state index is 0.0107. The van der Waals surface area contributed by atoms with Crippen LogP contribution in [-0.2, 0) is 9.53 Å². The van der Waals surface area contributed by atoms with Crippen molar-refractivity contribution in [3.8, 4) is 5.82 Å². The summed E-state index contributed by atoms with van der Waals surface area (Å²) in [6, 6.07) is 1.80. The van der Waals surface area contributed by atoms with Gasteiger partial charge in [-0.05, 0) is 25.3 Å². The molecule has 0 radical (unpaired) electrons. The van der Waals surface area contributed by atoms with Gasteiger partial charge < -0.3 is 10.1 Å². The topological polar surface area (TPSA) is 81.9 Å². The van der Waals surface area contributed by atoms with Crippen LogP contribution in [0.2, 0.25) is 0 Å². The predicted molar refractivity (Wildman–Crippen MR) is 76.0 cm³/mol. The van der Waals surface area contributed by atoms with E-state index in [2.05, 4.69) is 20.4 Å². The van der Waals surface area contributed by atoms with E-state index >= 15 is 0 Å². The van der Waals surface area contributed by atoms with Crippen LogP contribution >= 0.6 is 0 Å². The summed E-state index contributed by atoms with van der Waals surface area (Å²) in [4.78, 5) is 20.2. The molecule has 2 aromatic heterocycles. The molecule has 7 nitrogen and oxygen atoms in total. The maximum absolute atomic E-state index is 12.1. The molecule has 0 aliphatic carbocycles. The largest absolute Gasteiger partial charge is 0.378 e. The lowest BCUT2D eigenvalue weighted by Crippen LogP contribution is -2.26. The lowest BCUT2D eigenvalue weighted by Gasteiger charge is -2.22. The zero-order valence-electron chi connectivity index (χ0n) is 11.6. The second kappa shape index (κ2) is 6.45. The Bertz CT molecular complexity index is 593. The van der Waals surface area contributed by atoms with E-state index in [9.17, 15) is 4.79 Å². The van der Waals surface area contributed by atoms with E-state index in [4.69, 9.17) is 4.74 Å². The van der Waals surface area contributed by atoms with Crippen LogP contribution in [-0.4, -0.2) is 38.4 Å². The van der Waals surface area contributed by atoms with Gasteiger partial charge in [-0.25, -0.2) is 14.6 Å². The Labute approximate surface area is 122 Å². The lowest BCUT2D eigenvalue weighted by atomic mass is 10.1. The molecule has 0 unspecified atom stereocenters. The fourth-order valence-electron chi connectivity index (χ4n) is 2.36. The number of carbonyl (C=O) groups excluding carboxylic acids is 1. The summed E-state index contributed by atoms with van der Waals surface area (Å²) in [6.07, 6.45) is 9.92. The maximum Gasteiger partial charge on any atom is 0.227 e. The Balaban J connectivity index is 1.68. The molecule has 0 aromatic carbocycles. The molecule has 1 N–H and O–H groups in total. The Kier molecular flexibility index (Phi) is 4.20. The third-order valence-corrected chi connectivity index (χ3v) is 3.37. The zero-order valence-corrected chi connectivity index (χ0v) is 11.6. The number of nitrogens with one attached hydrogen (secondary N) is 1. The van der Waals surface area contributed by atoms with E-state index in [1.54, 1.807) is 29.3 Å². The molecule has 1 amide bonds. The molecule has 3 heterocycles. The molecule has 0 spiro atoms. The standard InChI is InChI=1S/C14H17N5O2/c20-13(8-11-4-1-2-7-21-11)18-12-9-15-10-16-14(12)19-6-3-5-17-19/h3,5-6,9-11H,1-2,4,7-8H2,(H,18,20)/t11-/m1/s1. The maximum atomic E-state index is 12.1. The van der Waals surface area contributed by atoms with Crippen molar-refractivity contribution in [1.82, 2.24) is 19.7 Å². The molecule has 0 saturated carbocycles.